The zero-order valence-electron chi connectivity index (χ0n) is 17.8. The summed E-state index contributed by atoms with van der Waals surface area (Å²) in [6, 6.07) is 12.4. The third kappa shape index (κ3) is 5.59. The summed E-state index contributed by atoms with van der Waals surface area (Å²) in [6.07, 6.45) is 4.31. The minimum Gasteiger partial charge on any atom is -0.347 e. The van der Waals surface area contributed by atoms with Crippen molar-refractivity contribution in [2.45, 2.75) is 12.8 Å². The molecule has 1 aliphatic heterocycles. The van der Waals surface area contributed by atoms with Gasteiger partial charge in [-0.15, -0.1) is 0 Å². The molecule has 2 heterocycles. The number of carbonyl (C=O) groups excluding carboxylic acids is 3. The molecule has 1 aliphatic rings. The SMILES string of the molecule is O=C(CNC(=O)C1CCCN(C(=O)c2ccc(F)cc2)C1)Nc1ccc(-n2cncn2)cc1. The van der Waals surface area contributed by atoms with Crippen LogP contribution < -0.4 is 10.6 Å². The van der Waals surface area contributed by atoms with E-state index < -0.39 is 11.7 Å². The van der Waals surface area contributed by atoms with Crippen LogP contribution in [-0.4, -0.2) is 57.0 Å². The van der Waals surface area contributed by atoms with Crippen LogP contribution in [0.3, 0.4) is 0 Å². The van der Waals surface area contributed by atoms with Gasteiger partial charge in [-0.3, -0.25) is 14.4 Å². The molecule has 1 atom stereocenters. The summed E-state index contributed by atoms with van der Waals surface area (Å²) in [5.41, 5.74) is 1.77. The summed E-state index contributed by atoms with van der Waals surface area (Å²) in [6.45, 7) is 0.616. The monoisotopic (exact) mass is 450 g/mol. The van der Waals surface area contributed by atoms with E-state index in [-0.39, 0.29) is 30.8 Å². The molecule has 0 bridgehead atoms. The molecule has 33 heavy (non-hydrogen) atoms. The maximum atomic E-state index is 13.1. The number of halogens is 1. The van der Waals surface area contributed by atoms with E-state index in [9.17, 15) is 18.8 Å². The summed E-state index contributed by atoms with van der Waals surface area (Å²) in [5, 5.41) is 9.42. The highest BCUT2D eigenvalue weighted by Gasteiger charge is 2.29. The molecule has 1 fully saturated rings. The van der Waals surface area contributed by atoms with Gasteiger partial charge in [0, 0.05) is 24.3 Å². The van der Waals surface area contributed by atoms with Crippen molar-refractivity contribution in [3.05, 3.63) is 72.6 Å². The number of nitrogens with one attached hydrogen (secondary N) is 2. The van der Waals surface area contributed by atoms with Gasteiger partial charge in [0.15, 0.2) is 0 Å². The predicted octanol–water partition coefficient (Wildman–Crippen LogP) is 2.01. The molecule has 1 aromatic heterocycles. The molecule has 9 nitrogen and oxygen atoms in total. The van der Waals surface area contributed by atoms with E-state index in [0.29, 0.717) is 30.6 Å². The predicted molar refractivity (Wildman–Crippen MR) is 118 cm³/mol. The number of hydrogen-bond acceptors (Lipinski definition) is 5. The first-order valence-electron chi connectivity index (χ1n) is 10.6. The van der Waals surface area contributed by atoms with Crippen LogP contribution in [0.25, 0.3) is 5.69 Å². The van der Waals surface area contributed by atoms with Crippen molar-refractivity contribution < 1.29 is 18.8 Å². The van der Waals surface area contributed by atoms with Gasteiger partial charge < -0.3 is 15.5 Å². The lowest BCUT2D eigenvalue weighted by Gasteiger charge is -2.32. The van der Waals surface area contributed by atoms with Crippen molar-refractivity contribution in [2.75, 3.05) is 25.0 Å². The molecule has 2 N–H and O–H groups in total. The molecule has 3 aromatic rings. The van der Waals surface area contributed by atoms with Crippen LogP contribution in [-0.2, 0) is 9.59 Å². The van der Waals surface area contributed by atoms with Crippen LogP contribution in [0.5, 0.6) is 0 Å². The standard InChI is InChI=1S/C23H23FN6O3/c24-18-5-3-16(4-6-18)23(33)29-11-1-2-17(13-29)22(32)26-12-21(31)28-19-7-9-20(10-8-19)30-15-25-14-27-30/h3-10,14-15,17H,1-2,11-13H2,(H,26,32)(H,28,31). The molecular weight excluding hydrogens is 427 g/mol. The molecule has 4 rings (SSSR count). The highest BCUT2D eigenvalue weighted by molar-refractivity contribution is 5.96. The largest absolute Gasteiger partial charge is 0.347 e. The second-order valence-electron chi connectivity index (χ2n) is 7.75. The van der Waals surface area contributed by atoms with Gasteiger partial charge in [-0.1, -0.05) is 0 Å². The molecule has 1 saturated heterocycles. The summed E-state index contributed by atoms with van der Waals surface area (Å²) in [5.74, 6) is -1.68. The maximum Gasteiger partial charge on any atom is 0.253 e. The van der Waals surface area contributed by atoms with Gasteiger partial charge in [0.2, 0.25) is 11.8 Å². The van der Waals surface area contributed by atoms with E-state index >= 15 is 0 Å². The van der Waals surface area contributed by atoms with Crippen LogP contribution in [0.1, 0.15) is 23.2 Å². The summed E-state index contributed by atoms with van der Waals surface area (Å²) in [4.78, 5) is 43.0. The maximum absolute atomic E-state index is 13.1. The Morgan fingerprint density at radius 3 is 2.52 bits per heavy atom. The van der Waals surface area contributed by atoms with E-state index in [0.717, 1.165) is 5.69 Å². The number of nitrogens with zero attached hydrogens (tertiary/aromatic N) is 4. The van der Waals surface area contributed by atoms with E-state index in [2.05, 4.69) is 20.7 Å². The molecule has 0 aliphatic carbocycles. The van der Waals surface area contributed by atoms with Crippen LogP contribution in [0.4, 0.5) is 10.1 Å². The lowest BCUT2D eigenvalue weighted by molar-refractivity contribution is -0.128. The Kier molecular flexibility index (Phi) is 6.72. The minimum atomic E-state index is -0.410. The Morgan fingerprint density at radius 2 is 1.82 bits per heavy atom. The van der Waals surface area contributed by atoms with Crippen molar-refractivity contribution in [2.24, 2.45) is 5.92 Å². The third-order valence-electron chi connectivity index (χ3n) is 5.43. The number of carbonyl (C=O) groups is 3. The zero-order valence-corrected chi connectivity index (χ0v) is 17.8. The smallest absolute Gasteiger partial charge is 0.253 e. The molecular formula is C23H23FN6O3. The number of likely N-dealkylation sites (tertiary alicyclic amines) is 1. The number of anilines is 1. The highest BCUT2D eigenvalue weighted by atomic mass is 19.1. The van der Waals surface area contributed by atoms with Gasteiger partial charge in [-0.25, -0.2) is 14.1 Å². The fraction of sp³-hybridized carbons (Fsp3) is 0.261. The van der Waals surface area contributed by atoms with Gasteiger partial charge in [-0.05, 0) is 61.4 Å². The zero-order chi connectivity index (χ0) is 23.2. The van der Waals surface area contributed by atoms with Crippen molar-refractivity contribution >= 4 is 23.4 Å². The molecule has 1 unspecified atom stereocenters. The first-order chi connectivity index (χ1) is 16.0. The van der Waals surface area contributed by atoms with Crippen molar-refractivity contribution in [1.29, 1.82) is 0 Å². The van der Waals surface area contributed by atoms with Gasteiger partial charge in [0.05, 0.1) is 18.2 Å². The average molecular weight is 450 g/mol. The number of piperidine rings is 1. The number of aromatic nitrogens is 3. The normalized spacial score (nSPS) is 15.7. The van der Waals surface area contributed by atoms with E-state index in [1.807, 2.05) is 0 Å². The summed E-state index contributed by atoms with van der Waals surface area (Å²) >= 11 is 0. The van der Waals surface area contributed by atoms with Crippen molar-refractivity contribution in [3.63, 3.8) is 0 Å². The quantitative estimate of drug-likeness (QED) is 0.597. The van der Waals surface area contributed by atoms with Crippen LogP contribution >= 0.6 is 0 Å². The first-order valence-corrected chi connectivity index (χ1v) is 10.6. The van der Waals surface area contributed by atoms with Gasteiger partial charge in [-0.2, -0.15) is 5.10 Å². The van der Waals surface area contributed by atoms with Gasteiger partial charge >= 0.3 is 0 Å². The summed E-state index contributed by atoms with van der Waals surface area (Å²) < 4.78 is 14.7. The molecule has 10 heteroatoms. The Balaban J connectivity index is 1.26. The molecule has 170 valence electrons. The average Bonchev–Trinajstić information content (AvgIpc) is 3.38. The molecule has 3 amide bonds. The Labute approximate surface area is 189 Å². The van der Waals surface area contributed by atoms with Crippen molar-refractivity contribution in [3.8, 4) is 5.69 Å². The number of hydrogen-bond donors (Lipinski definition) is 2. The summed E-state index contributed by atoms with van der Waals surface area (Å²) in [7, 11) is 0. The lowest BCUT2D eigenvalue weighted by Crippen LogP contribution is -2.46. The lowest BCUT2D eigenvalue weighted by atomic mass is 9.96. The van der Waals surface area contributed by atoms with Gasteiger partial charge in [0.1, 0.15) is 18.5 Å². The Hall–Kier alpha value is -4.08. The number of amides is 3. The molecule has 0 saturated carbocycles. The molecule has 0 radical (unpaired) electrons. The third-order valence-corrected chi connectivity index (χ3v) is 5.43. The van der Waals surface area contributed by atoms with Crippen LogP contribution in [0.15, 0.2) is 61.2 Å². The topological polar surface area (TPSA) is 109 Å². The number of rotatable bonds is 6. The van der Waals surface area contributed by atoms with Crippen LogP contribution in [0, 0.1) is 11.7 Å². The van der Waals surface area contributed by atoms with E-state index in [1.165, 1.54) is 30.6 Å². The van der Waals surface area contributed by atoms with E-state index in [4.69, 9.17) is 0 Å². The van der Waals surface area contributed by atoms with Crippen molar-refractivity contribution in [1.82, 2.24) is 25.0 Å². The first kappa shape index (κ1) is 22.1. The van der Waals surface area contributed by atoms with E-state index in [1.54, 1.807) is 40.2 Å². The number of benzene rings is 2. The fourth-order valence-corrected chi connectivity index (χ4v) is 3.71. The highest BCUT2D eigenvalue weighted by Crippen LogP contribution is 2.19. The molecule has 2 aromatic carbocycles. The fourth-order valence-electron chi connectivity index (χ4n) is 3.71. The Morgan fingerprint density at radius 1 is 1.06 bits per heavy atom. The van der Waals surface area contributed by atoms with Crippen LogP contribution in [0.2, 0.25) is 0 Å². The second kappa shape index (κ2) is 10.0. The van der Waals surface area contributed by atoms with Gasteiger partial charge in [0.25, 0.3) is 5.91 Å². The minimum absolute atomic E-state index is 0.175. The molecule has 0 spiro atoms. The Bertz CT molecular complexity index is 1120. The second-order valence-corrected chi connectivity index (χ2v) is 7.75.